The molecule has 1 aromatic rings. The molecule has 1 unspecified atom stereocenters. The molecular formula is C13H23N3O3. The van der Waals surface area contributed by atoms with E-state index >= 15 is 0 Å². The summed E-state index contributed by atoms with van der Waals surface area (Å²) in [4.78, 5) is 15.3. The van der Waals surface area contributed by atoms with Gasteiger partial charge in [0.25, 0.3) is 0 Å². The van der Waals surface area contributed by atoms with E-state index in [1.165, 1.54) is 0 Å². The summed E-state index contributed by atoms with van der Waals surface area (Å²) in [6.07, 6.45) is 1.33. The van der Waals surface area contributed by atoms with E-state index in [1.54, 1.807) is 0 Å². The first-order chi connectivity index (χ1) is 8.88. The fourth-order valence-corrected chi connectivity index (χ4v) is 1.76. The second-order valence-corrected chi connectivity index (χ2v) is 5.60. The molecule has 1 aromatic heterocycles. The standard InChI is InChI=1S/C13H23N3O3/c1-8(2)5-10(13(17)18)14-7-12-15-11(16-19-12)6-9(3)4/h8-10,14H,5-7H2,1-4H3,(H,17,18). The third-order valence-corrected chi connectivity index (χ3v) is 2.61. The van der Waals surface area contributed by atoms with Crippen LogP contribution in [0.25, 0.3) is 0 Å². The molecule has 1 heterocycles. The van der Waals surface area contributed by atoms with Crippen LogP contribution >= 0.6 is 0 Å². The lowest BCUT2D eigenvalue weighted by Gasteiger charge is -2.14. The molecular weight excluding hydrogens is 246 g/mol. The van der Waals surface area contributed by atoms with E-state index in [9.17, 15) is 4.79 Å². The molecule has 6 nitrogen and oxygen atoms in total. The Balaban J connectivity index is 2.49. The molecule has 0 spiro atoms. The van der Waals surface area contributed by atoms with Gasteiger partial charge in [-0.2, -0.15) is 4.98 Å². The van der Waals surface area contributed by atoms with Crippen molar-refractivity contribution in [2.24, 2.45) is 11.8 Å². The first kappa shape index (κ1) is 15.6. The molecule has 108 valence electrons. The monoisotopic (exact) mass is 269 g/mol. The highest BCUT2D eigenvalue weighted by Crippen LogP contribution is 2.07. The summed E-state index contributed by atoms with van der Waals surface area (Å²) in [5.41, 5.74) is 0. The highest BCUT2D eigenvalue weighted by Gasteiger charge is 2.19. The predicted octanol–water partition coefficient (Wildman–Crippen LogP) is 1.86. The first-order valence-electron chi connectivity index (χ1n) is 6.66. The lowest BCUT2D eigenvalue weighted by atomic mass is 10.0. The number of carboxylic acids is 1. The van der Waals surface area contributed by atoms with Gasteiger partial charge < -0.3 is 9.63 Å². The average Bonchev–Trinajstić information content (AvgIpc) is 2.70. The van der Waals surface area contributed by atoms with Gasteiger partial charge in [0, 0.05) is 6.42 Å². The molecule has 0 fully saturated rings. The average molecular weight is 269 g/mol. The van der Waals surface area contributed by atoms with Gasteiger partial charge in [-0.05, 0) is 18.3 Å². The molecule has 1 rings (SSSR count). The number of carboxylic acid groups (broad SMARTS) is 1. The van der Waals surface area contributed by atoms with E-state index < -0.39 is 12.0 Å². The van der Waals surface area contributed by atoms with Crippen LogP contribution in [0.1, 0.15) is 45.8 Å². The summed E-state index contributed by atoms with van der Waals surface area (Å²) in [5.74, 6) is 1.03. The molecule has 0 aliphatic carbocycles. The van der Waals surface area contributed by atoms with E-state index in [2.05, 4.69) is 29.3 Å². The zero-order valence-electron chi connectivity index (χ0n) is 12.0. The van der Waals surface area contributed by atoms with Crippen molar-refractivity contribution in [3.63, 3.8) is 0 Å². The van der Waals surface area contributed by atoms with Crippen LogP contribution in [-0.2, 0) is 17.8 Å². The van der Waals surface area contributed by atoms with Gasteiger partial charge in [0.05, 0.1) is 6.54 Å². The fraction of sp³-hybridized carbons (Fsp3) is 0.769. The van der Waals surface area contributed by atoms with Crippen LogP contribution in [0.15, 0.2) is 4.52 Å². The van der Waals surface area contributed by atoms with Crippen LogP contribution < -0.4 is 5.32 Å². The summed E-state index contributed by atoms with van der Waals surface area (Å²) >= 11 is 0. The van der Waals surface area contributed by atoms with Crippen molar-refractivity contribution < 1.29 is 14.4 Å². The summed E-state index contributed by atoms with van der Waals surface area (Å²) in [6.45, 7) is 8.43. The number of carbonyl (C=O) groups is 1. The van der Waals surface area contributed by atoms with Gasteiger partial charge in [-0.15, -0.1) is 0 Å². The molecule has 0 bridgehead atoms. The van der Waals surface area contributed by atoms with Gasteiger partial charge in [-0.1, -0.05) is 32.9 Å². The zero-order valence-corrected chi connectivity index (χ0v) is 12.0. The summed E-state index contributed by atoms with van der Waals surface area (Å²) in [6, 6.07) is -0.583. The van der Waals surface area contributed by atoms with Crippen molar-refractivity contribution in [3.05, 3.63) is 11.7 Å². The van der Waals surface area contributed by atoms with Crippen LogP contribution in [0.5, 0.6) is 0 Å². The van der Waals surface area contributed by atoms with E-state index in [0.717, 1.165) is 6.42 Å². The number of nitrogens with one attached hydrogen (secondary N) is 1. The van der Waals surface area contributed by atoms with Gasteiger partial charge in [-0.3, -0.25) is 10.1 Å². The van der Waals surface area contributed by atoms with Gasteiger partial charge in [0.15, 0.2) is 5.82 Å². The quantitative estimate of drug-likeness (QED) is 0.749. The van der Waals surface area contributed by atoms with Gasteiger partial charge in [0.1, 0.15) is 6.04 Å². The van der Waals surface area contributed by atoms with Crippen LogP contribution in [-0.4, -0.2) is 27.3 Å². The first-order valence-corrected chi connectivity index (χ1v) is 6.66. The van der Waals surface area contributed by atoms with Crippen molar-refractivity contribution >= 4 is 5.97 Å². The number of hydrogen-bond acceptors (Lipinski definition) is 5. The molecule has 0 saturated carbocycles. The highest BCUT2D eigenvalue weighted by atomic mass is 16.5. The maximum atomic E-state index is 11.1. The number of hydrogen-bond donors (Lipinski definition) is 2. The van der Waals surface area contributed by atoms with E-state index in [4.69, 9.17) is 9.63 Å². The van der Waals surface area contributed by atoms with Gasteiger partial charge >= 0.3 is 5.97 Å². The Kier molecular flexibility index (Phi) is 5.95. The Bertz CT molecular complexity index is 402. The van der Waals surface area contributed by atoms with E-state index in [-0.39, 0.29) is 6.54 Å². The lowest BCUT2D eigenvalue weighted by molar-refractivity contribution is -0.140. The zero-order chi connectivity index (χ0) is 14.4. The second kappa shape index (κ2) is 7.23. The van der Waals surface area contributed by atoms with Crippen molar-refractivity contribution in [2.75, 3.05) is 0 Å². The Hall–Kier alpha value is -1.43. The van der Waals surface area contributed by atoms with Crippen molar-refractivity contribution in [1.82, 2.24) is 15.5 Å². The Labute approximate surface area is 113 Å². The summed E-state index contributed by atoms with van der Waals surface area (Å²) < 4.78 is 5.08. The second-order valence-electron chi connectivity index (χ2n) is 5.60. The van der Waals surface area contributed by atoms with Crippen molar-refractivity contribution in [3.8, 4) is 0 Å². The van der Waals surface area contributed by atoms with E-state index in [1.807, 2.05) is 13.8 Å². The number of nitrogens with zero attached hydrogens (tertiary/aromatic N) is 2. The Morgan fingerprint density at radius 1 is 1.32 bits per heavy atom. The molecule has 19 heavy (non-hydrogen) atoms. The minimum atomic E-state index is -0.851. The topological polar surface area (TPSA) is 88.2 Å². The molecule has 6 heteroatoms. The number of rotatable bonds is 8. The SMILES string of the molecule is CC(C)Cc1noc(CNC(CC(C)C)C(=O)O)n1. The molecule has 1 atom stereocenters. The van der Waals surface area contributed by atoms with E-state index in [0.29, 0.717) is 30.0 Å². The third kappa shape index (κ3) is 5.83. The summed E-state index contributed by atoms with van der Waals surface area (Å²) in [5, 5.41) is 15.9. The van der Waals surface area contributed by atoms with Gasteiger partial charge in [-0.25, -0.2) is 0 Å². The molecule has 0 aromatic carbocycles. The number of aliphatic carboxylic acids is 1. The molecule has 0 aliphatic rings. The van der Waals surface area contributed by atoms with Crippen LogP contribution in [0.4, 0.5) is 0 Å². The fourth-order valence-electron chi connectivity index (χ4n) is 1.76. The third-order valence-electron chi connectivity index (χ3n) is 2.61. The highest BCUT2D eigenvalue weighted by molar-refractivity contribution is 5.73. The Morgan fingerprint density at radius 3 is 2.53 bits per heavy atom. The van der Waals surface area contributed by atoms with Crippen LogP contribution in [0.3, 0.4) is 0 Å². The molecule has 2 N–H and O–H groups in total. The van der Waals surface area contributed by atoms with Crippen molar-refractivity contribution in [2.45, 2.75) is 53.1 Å². The van der Waals surface area contributed by atoms with Gasteiger partial charge in [0.2, 0.25) is 5.89 Å². The molecule has 0 aliphatic heterocycles. The molecule has 0 radical (unpaired) electrons. The molecule has 0 saturated heterocycles. The van der Waals surface area contributed by atoms with Crippen LogP contribution in [0.2, 0.25) is 0 Å². The lowest BCUT2D eigenvalue weighted by Crippen LogP contribution is -2.37. The minimum Gasteiger partial charge on any atom is -0.480 e. The van der Waals surface area contributed by atoms with Crippen molar-refractivity contribution in [1.29, 1.82) is 0 Å². The maximum Gasteiger partial charge on any atom is 0.320 e. The maximum absolute atomic E-state index is 11.1. The summed E-state index contributed by atoms with van der Waals surface area (Å²) in [7, 11) is 0. The normalized spacial score (nSPS) is 13.2. The number of aromatic nitrogens is 2. The smallest absolute Gasteiger partial charge is 0.320 e. The molecule has 0 amide bonds. The Morgan fingerprint density at radius 2 is 2.00 bits per heavy atom. The predicted molar refractivity (Wildman–Crippen MR) is 70.6 cm³/mol. The minimum absolute atomic E-state index is 0.286. The van der Waals surface area contributed by atoms with Crippen LogP contribution in [0, 0.1) is 11.8 Å². The largest absolute Gasteiger partial charge is 0.480 e.